The first-order valence-corrected chi connectivity index (χ1v) is 6.83. The van der Waals surface area contributed by atoms with Gasteiger partial charge < -0.3 is 10.0 Å². The lowest BCUT2D eigenvalue weighted by Gasteiger charge is -2.17. The minimum absolute atomic E-state index is 0.0743. The summed E-state index contributed by atoms with van der Waals surface area (Å²) in [5.74, 6) is -1.18. The fourth-order valence-electron chi connectivity index (χ4n) is 1.56. The maximum absolute atomic E-state index is 11.9. The lowest BCUT2D eigenvalue weighted by Crippen LogP contribution is -2.31. The summed E-state index contributed by atoms with van der Waals surface area (Å²) in [6.45, 7) is 2.43. The lowest BCUT2D eigenvalue weighted by molar-refractivity contribution is -0.137. The number of hydrogen-bond acceptors (Lipinski definition) is 2. The number of carbonyl (C=O) groups is 2. The number of nitrogens with zero attached hydrogens (tertiary/aromatic N) is 1. The fourth-order valence-corrected chi connectivity index (χ4v) is 2.03. The van der Waals surface area contributed by atoms with Gasteiger partial charge in [0.2, 0.25) is 5.91 Å². The summed E-state index contributed by atoms with van der Waals surface area (Å²) >= 11 is 11.8. The van der Waals surface area contributed by atoms with E-state index in [1.54, 1.807) is 31.2 Å². The van der Waals surface area contributed by atoms with Crippen molar-refractivity contribution < 1.29 is 14.7 Å². The van der Waals surface area contributed by atoms with Crippen LogP contribution in [0.5, 0.6) is 0 Å². The van der Waals surface area contributed by atoms with E-state index in [-0.39, 0.29) is 18.9 Å². The molecule has 108 valence electrons. The van der Waals surface area contributed by atoms with Gasteiger partial charge in [0.15, 0.2) is 0 Å². The topological polar surface area (TPSA) is 57.6 Å². The van der Waals surface area contributed by atoms with Gasteiger partial charge in [-0.25, -0.2) is 0 Å². The summed E-state index contributed by atoms with van der Waals surface area (Å²) in [4.78, 5) is 23.9. The van der Waals surface area contributed by atoms with Gasteiger partial charge in [0.05, 0.1) is 6.42 Å². The van der Waals surface area contributed by atoms with Crippen molar-refractivity contribution in [2.24, 2.45) is 0 Å². The van der Waals surface area contributed by atoms with Crippen LogP contribution in [0.15, 0.2) is 24.3 Å². The van der Waals surface area contributed by atoms with E-state index in [0.29, 0.717) is 22.2 Å². The molecule has 1 N–H and O–H groups in total. The van der Waals surface area contributed by atoms with E-state index in [4.69, 9.17) is 28.3 Å². The quantitative estimate of drug-likeness (QED) is 0.819. The Bertz CT molecular complexity index is 529. The minimum Gasteiger partial charge on any atom is -0.481 e. The van der Waals surface area contributed by atoms with E-state index in [2.05, 4.69) is 0 Å². The molecule has 1 aromatic rings. The maximum atomic E-state index is 11.9. The molecular weight excluding hydrogens is 301 g/mol. The molecule has 1 amide bonds. The van der Waals surface area contributed by atoms with Crippen molar-refractivity contribution in [2.75, 3.05) is 13.1 Å². The first-order valence-electron chi connectivity index (χ1n) is 6.08. The SMILES string of the molecule is CCN(CCC(=O)O)C(=O)/C=C/c1ccc(Cl)cc1Cl. The molecule has 0 atom stereocenters. The normalized spacial score (nSPS) is 10.8. The lowest BCUT2D eigenvalue weighted by atomic mass is 10.2. The van der Waals surface area contributed by atoms with Crippen LogP contribution in [0.25, 0.3) is 6.08 Å². The first-order chi connectivity index (χ1) is 9.43. The van der Waals surface area contributed by atoms with Crippen LogP contribution in [0.4, 0.5) is 0 Å². The molecule has 0 bridgehead atoms. The molecule has 0 aliphatic heterocycles. The van der Waals surface area contributed by atoms with Crippen molar-refractivity contribution >= 4 is 41.2 Å². The summed E-state index contributed by atoms with van der Waals surface area (Å²) in [7, 11) is 0. The highest BCUT2D eigenvalue weighted by atomic mass is 35.5. The highest BCUT2D eigenvalue weighted by Gasteiger charge is 2.10. The highest BCUT2D eigenvalue weighted by Crippen LogP contribution is 2.22. The predicted molar refractivity (Wildman–Crippen MR) is 80.0 cm³/mol. The Hall–Kier alpha value is -1.52. The van der Waals surface area contributed by atoms with Gasteiger partial charge in [0.25, 0.3) is 0 Å². The Kier molecular flexibility index (Phi) is 6.55. The smallest absolute Gasteiger partial charge is 0.305 e. The van der Waals surface area contributed by atoms with Gasteiger partial charge in [0, 0.05) is 29.2 Å². The third kappa shape index (κ3) is 5.23. The van der Waals surface area contributed by atoms with Gasteiger partial charge in [0.1, 0.15) is 0 Å². The van der Waals surface area contributed by atoms with Crippen molar-refractivity contribution in [3.05, 3.63) is 39.9 Å². The summed E-state index contributed by atoms with van der Waals surface area (Å²) in [6, 6.07) is 4.98. The largest absolute Gasteiger partial charge is 0.481 e. The maximum Gasteiger partial charge on any atom is 0.305 e. The summed E-state index contributed by atoms with van der Waals surface area (Å²) in [5, 5.41) is 9.60. The number of halogens is 2. The van der Waals surface area contributed by atoms with Crippen molar-refractivity contribution in [2.45, 2.75) is 13.3 Å². The van der Waals surface area contributed by atoms with Gasteiger partial charge in [-0.1, -0.05) is 29.3 Å². The second-order valence-electron chi connectivity index (χ2n) is 4.06. The molecule has 0 aliphatic carbocycles. The van der Waals surface area contributed by atoms with Crippen molar-refractivity contribution in [3.8, 4) is 0 Å². The summed E-state index contributed by atoms with van der Waals surface area (Å²) in [5.41, 5.74) is 0.679. The Morgan fingerprint density at radius 3 is 2.60 bits per heavy atom. The number of carboxylic acid groups (broad SMARTS) is 1. The average Bonchev–Trinajstić information content (AvgIpc) is 2.38. The van der Waals surface area contributed by atoms with E-state index < -0.39 is 5.97 Å². The monoisotopic (exact) mass is 315 g/mol. The third-order valence-electron chi connectivity index (χ3n) is 2.66. The number of carbonyl (C=O) groups excluding carboxylic acids is 1. The van der Waals surface area contributed by atoms with Crippen LogP contribution in [0.2, 0.25) is 10.0 Å². The van der Waals surface area contributed by atoms with Crippen LogP contribution in [0.1, 0.15) is 18.9 Å². The Labute approximate surface area is 127 Å². The molecule has 0 heterocycles. The van der Waals surface area contributed by atoms with Crippen molar-refractivity contribution in [1.82, 2.24) is 4.90 Å². The van der Waals surface area contributed by atoms with E-state index in [1.807, 2.05) is 0 Å². The number of likely N-dealkylation sites (N-methyl/N-ethyl adjacent to an activating group) is 1. The molecule has 6 heteroatoms. The van der Waals surface area contributed by atoms with Crippen LogP contribution in [0, 0.1) is 0 Å². The zero-order chi connectivity index (χ0) is 15.1. The Morgan fingerprint density at radius 2 is 2.05 bits per heavy atom. The molecule has 0 radical (unpaired) electrons. The third-order valence-corrected chi connectivity index (χ3v) is 3.22. The zero-order valence-electron chi connectivity index (χ0n) is 11.0. The van der Waals surface area contributed by atoms with Crippen molar-refractivity contribution in [3.63, 3.8) is 0 Å². The average molecular weight is 316 g/mol. The minimum atomic E-state index is -0.930. The zero-order valence-corrected chi connectivity index (χ0v) is 12.5. The Balaban J connectivity index is 2.72. The molecule has 0 saturated carbocycles. The molecule has 4 nitrogen and oxygen atoms in total. The number of rotatable bonds is 6. The van der Waals surface area contributed by atoms with E-state index in [0.717, 1.165) is 0 Å². The van der Waals surface area contributed by atoms with Crippen LogP contribution in [0.3, 0.4) is 0 Å². The van der Waals surface area contributed by atoms with E-state index in [1.165, 1.54) is 11.0 Å². The Morgan fingerprint density at radius 1 is 1.35 bits per heavy atom. The highest BCUT2D eigenvalue weighted by molar-refractivity contribution is 6.35. The molecule has 0 aromatic heterocycles. The van der Waals surface area contributed by atoms with Gasteiger partial charge in [-0.2, -0.15) is 0 Å². The van der Waals surface area contributed by atoms with Crippen LogP contribution < -0.4 is 0 Å². The number of hydrogen-bond donors (Lipinski definition) is 1. The van der Waals surface area contributed by atoms with Gasteiger partial charge in [-0.05, 0) is 30.7 Å². The molecule has 0 saturated heterocycles. The van der Waals surface area contributed by atoms with Gasteiger partial charge in [-0.15, -0.1) is 0 Å². The van der Waals surface area contributed by atoms with Crippen LogP contribution in [-0.2, 0) is 9.59 Å². The molecule has 1 rings (SSSR count). The first kappa shape index (κ1) is 16.5. The number of aliphatic carboxylic acids is 1. The number of amides is 1. The summed E-state index contributed by atoms with van der Waals surface area (Å²) < 4.78 is 0. The van der Waals surface area contributed by atoms with E-state index in [9.17, 15) is 9.59 Å². The van der Waals surface area contributed by atoms with Gasteiger partial charge >= 0.3 is 5.97 Å². The molecule has 0 fully saturated rings. The van der Waals surface area contributed by atoms with E-state index >= 15 is 0 Å². The molecule has 20 heavy (non-hydrogen) atoms. The predicted octanol–water partition coefficient (Wildman–Crippen LogP) is 3.33. The van der Waals surface area contributed by atoms with Gasteiger partial charge in [-0.3, -0.25) is 9.59 Å². The summed E-state index contributed by atoms with van der Waals surface area (Å²) in [6.07, 6.45) is 2.89. The molecule has 0 unspecified atom stereocenters. The second-order valence-corrected chi connectivity index (χ2v) is 4.90. The standard InChI is InChI=1S/C14H15Cl2NO3/c1-2-17(8-7-14(19)20)13(18)6-4-10-3-5-11(15)9-12(10)16/h3-6,9H,2,7-8H2,1H3,(H,19,20)/b6-4+. The number of benzene rings is 1. The second kappa shape index (κ2) is 7.92. The number of carboxylic acids is 1. The molecular formula is C14H15Cl2NO3. The van der Waals surface area contributed by atoms with Crippen LogP contribution >= 0.6 is 23.2 Å². The fraction of sp³-hybridized carbons (Fsp3) is 0.286. The molecule has 0 aliphatic rings. The molecule has 0 spiro atoms. The molecule has 1 aromatic carbocycles. The van der Waals surface area contributed by atoms with Crippen molar-refractivity contribution in [1.29, 1.82) is 0 Å². The van der Waals surface area contributed by atoms with Crippen LogP contribution in [-0.4, -0.2) is 35.0 Å².